The molecule has 0 aliphatic carbocycles. The lowest BCUT2D eigenvalue weighted by Gasteiger charge is -2.26. The minimum Gasteiger partial charge on any atom is -0.393 e. The maximum atomic E-state index is 10.1. The second-order valence-electron chi connectivity index (χ2n) is 3.95. The summed E-state index contributed by atoms with van der Waals surface area (Å²) in [7, 11) is 0. The van der Waals surface area contributed by atoms with Crippen molar-refractivity contribution in [2.75, 3.05) is 19.7 Å². The summed E-state index contributed by atoms with van der Waals surface area (Å²) in [6.45, 7) is 0.921. The average molecular weight is 260 g/mol. The highest BCUT2D eigenvalue weighted by Gasteiger charge is 2.41. The molecule has 1 aromatic carbocycles. The summed E-state index contributed by atoms with van der Waals surface area (Å²) in [6, 6.07) is 7.49. The normalized spacial score (nSPS) is 29.6. The molecule has 0 bridgehead atoms. The Bertz CT molecular complexity index is 360. The van der Waals surface area contributed by atoms with Crippen LogP contribution in [0.1, 0.15) is 0 Å². The van der Waals surface area contributed by atoms with Gasteiger partial charge in [-0.25, -0.2) is 0 Å². The Morgan fingerprint density at radius 3 is 2.75 bits per heavy atom. The topological polar surface area (TPSA) is 52.5 Å². The number of hydrogen-bond acceptors (Lipinski definition) is 4. The van der Waals surface area contributed by atoms with E-state index in [9.17, 15) is 10.2 Å². The number of nitrogens with one attached hydrogen (secondary N) is 1. The zero-order chi connectivity index (χ0) is 11.6. The van der Waals surface area contributed by atoms with Crippen LogP contribution in [0.15, 0.2) is 29.2 Å². The molecule has 2 rings (SSSR count). The third kappa shape index (κ3) is 2.52. The molecule has 1 fully saturated rings. The third-order valence-corrected chi connectivity index (χ3v) is 4.41. The standard InChI is InChI=1S/C11H14ClNO2S/c12-8-1-3-9(4-2-8)16-10-5-13-6-11(10,15)7-14/h1-4,10,13-15H,5-7H2/t10-,11?/m0/s1. The Kier molecular flexibility index (Phi) is 3.77. The van der Waals surface area contributed by atoms with Gasteiger partial charge in [-0.15, -0.1) is 11.8 Å². The van der Waals surface area contributed by atoms with Gasteiger partial charge in [0.1, 0.15) is 5.60 Å². The molecule has 0 radical (unpaired) electrons. The van der Waals surface area contributed by atoms with Crippen molar-refractivity contribution in [3.8, 4) is 0 Å². The molecule has 0 saturated carbocycles. The van der Waals surface area contributed by atoms with Crippen molar-refractivity contribution in [2.24, 2.45) is 0 Å². The molecule has 1 aromatic rings. The Morgan fingerprint density at radius 1 is 1.44 bits per heavy atom. The van der Waals surface area contributed by atoms with Crippen LogP contribution in [0, 0.1) is 0 Å². The molecular formula is C11H14ClNO2S. The van der Waals surface area contributed by atoms with Gasteiger partial charge in [-0.3, -0.25) is 0 Å². The largest absolute Gasteiger partial charge is 0.393 e. The van der Waals surface area contributed by atoms with Crippen LogP contribution in [0.25, 0.3) is 0 Å². The smallest absolute Gasteiger partial charge is 0.113 e. The first-order valence-electron chi connectivity index (χ1n) is 5.10. The van der Waals surface area contributed by atoms with Crippen LogP contribution in [-0.2, 0) is 0 Å². The number of rotatable bonds is 3. The molecular weight excluding hydrogens is 246 g/mol. The fourth-order valence-corrected chi connectivity index (χ4v) is 3.04. The number of hydrogen-bond donors (Lipinski definition) is 3. The van der Waals surface area contributed by atoms with Gasteiger partial charge in [0.05, 0.1) is 11.9 Å². The summed E-state index contributed by atoms with van der Waals surface area (Å²) in [4.78, 5) is 1.05. The van der Waals surface area contributed by atoms with E-state index >= 15 is 0 Å². The maximum Gasteiger partial charge on any atom is 0.113 e. The molecule has 1 aliphatic heterocycles. The van der Waals surface area contributed by atoms with E-state index in [2.05, 4.69) is 5.32 Å². The molecule has 1 heterocycles. The third-order valence-electron chi connectivity index (χ3n) is 2.73. The van der Waals surface area contributed by atoms with Crippen molar-refractivity contribution in [3.05, 3.63) is 29.3 Å². The fourth-order valence-electron chi connectivity index (χ4n) is 1.71. The summed E-state index contributed by atoms with van der Waals surface area (Å²) in [5, 5.41) is 23.1. The van der Waals surface area contributed by atoms with E-state index < -0.39 is 5.60 Å². The highest BCUT2D eigenvalue weighted by Crippen LogP contribution is 2.33. The number of thioether (sulfide) groups is 1. The number of aliphatic hydroxyl groups is 2. The van der Waals surface area contributed by atoms with Crippen LogP contribution in [0.2, 0.25) is 5.02 Å². The quantitative estimate of drug-likeness (QED) is 0.762. The SMILES string of the molecule is OCC1(O)CNC[C@@H]1Sc1ccc(Cl)cc1. The first-order chi connectivity index (χ1) is 7.64. The molecule has 88 valence electrons. The average Bonchev–Trinajstić information content (AvgIpc) is 2.65. The lowest BCUT2D eigenvalue weighted by molar-refractivity contribution is 0.00750. The second-order valence-corrected chi connectivity index (χ2v) is 5.67. The van der Waals surface area contributed by atoms with Gasteiger partial charge in [-0.05, 0) is 24.3 Å². The number of benzene rings is 1. The predicted octanol–water partition coefficient (Wildman–Crippen LogP) is 1.13. The molecule has 0 aromatic heterocycles. The molecule has 1 aliphatic rings. The van der Waals surface area contributed by atoms with Crippen molar-refractivity contribution < 1.29 is 10.2 Å². The van der Waals surface area contributed by atoms with Crippen LogP contribution in [0.5, 0.6) is 0 Å². The zero-order valence-electron chi connectivity index (χ0n) is 8.69. The van der Waals surface area contributed by atoms with E-state index in [0.717, 1.165) is 4.90 Å². The van der Waals surface area contributed by atoms with Crippen molar-refractivity contribution in [1.29, 1.82) is 0 Å². The molecule has 3 nitrogen and oxygen atoms in total. The molecule has 0 amide bonds. The summed E-state index contributed by atoms with van der Waals surface area (Å²) in [5.74, 6) is 0. The Morgan fingerprint density at radius 2 is 2.12 bits per heavy atom. The van der Waals surface area contributed by atoms with E-state index in [1.165, 1.54) is 0 Å². The molecule has 1 saturated heterocycles. The minimum atomic E-state index is -1.02. The monoisotopic (exact) mass is 259 g/mol. The van der Waals surface area contributed by atoms with Crippen LogP contribution < -0.4 is 5.32 Å². The highest BCUT2D eigenvalue weighted by atomic mass is 35.5. The molecule has 3 N–H and O–H groups in total. The predicted molar refractivity (Wildman–Crippen MR) is 66.0 cm³/mol. The van der Waals surface area contributed by atoms with Gasteiger partial charge in [-0.1, -0.05) is 11.6 Å². The zero-order valence-corrected chi connectivity index (χ0v) is 10.3. The molecule has 5 heteroatoms. The lowest BCUT2D eigenvalue weighted by Crippen LogP contribution is -2.43. The van der Waals surface area contributed by atoms with E-state index in [0.29, 0.717) is 18.1 Å². The van der Waals surface area contributed by atoms with Crippen LogP contribution in [-0.4, -0.2) is 40.8 Å². The van der Waals surface area contributed by atoms with Crippen LogP contribution in [0.4, 0.5) is 0 Å². The van der Waals surface area contributed by atoms with Gasteiger partial charge >= 0.3 is 0 Å². The molecule has 1 unspecified atom stereocenters. The number of aliphatic hydroxyl groups excluding tert-OH is 1. The highest BCUT2D eigenvalue weighted by molar-refractivity contribution is 8.00. The van der Waals surface area contributed by atoms with E-state index in [1.54, 1.807) is 11.8 Å². The Labute approximate surface area is 104 Å². The summed E-state index contributed by atoms with van der Waals surface area (Å²) in [5.41, 5.74) is -1.02. The van der Waals surface area contributed by atoms with Crippen LogP contribution in [0.3, 0.4) is 0 Å². The van der Waals surface area contributed by atoms with Gasteiger partial charge in [0.2, 0.25) is 0 Å². The molecule has 16 heavy (non-hydrogen) atoms. The van der Waals surface area contributed by atoms with E-state index in [-0.39, 0.29) is 11.9 Å². The maximum absolute atomic E-state index is 10.1. The summed E-state index contributed by atoms with van der Waals surface area (Å²) >= 11 is 7.36. The number of β-amino-alcohol motifs (C(OH)–C–C–N with tert-alkyl or cyclic N) is 1. The van der Waals surface area contributed by atoms with Crippen molar-refractivity contribution in [1.82, 2.24) is 5.32 Å². The van der Waals surface area contributed by atoms with Crippen LogP contribution >= 0.6 is 23.4 Å². The van der Waals surface area contributed by atoms with Gasteiger partial charge in [0.15, 0.2) is 0 Å². The lowest BCUT2D eigenvalue weighted by atomic mass is 10.1. The molecule has 0 spiro atoms. The van der Waals surface area contributed by atoms with Gasteiger partial charge in [-0.2, -0.15) is 0 Å². The molecule has 2 atom stereocenters. The first kappa shape index (κ1) is 12.2. The van der Waals surface area contributed by atoms with Gasteiger partial charge in [0.25, 0.3) is 0 Å². The Hall–Kier alpha value is -0.260. The van der Waals surface area contributed by atoms with Gasteiger partial charge in [0, 0.05) is 23.0 Å². The van der Waals surface area contributed by atoms with Gasteiger partial charge < -0.3 is 15.5 Å². The van der Waals surface area contributed by atoms with E-state index in [4.69, 9.17) is 11.6 Å². The number of halogens is 1. The van der Waals surface area contributed by atoms with Crippen molar-refractivity contribution in [3.63, 3.8) is 0 Å². The summed E-state index contributed by atoms with van der Waals surface area (Å²) in [6.07, 6.45) is 0. The van der Waals surface area contributed by atoms with Crippen molar-refractivity contribution in [2.45, 2.75) is 15.7 Å². The van der Waals surface area contributed by atoms with E-state index in [1.807, 2.05) is 24.3 Å². The fraction of sp³-hybridized carbons (Fsp3) is 0.455. The van der Waals surface area contributed by atoms with Crippen molar-refractivity contribution >= 4 is 23.4 Å². The first-order valence-corrected chi connectivity index (χ1v) is 6.36. The Balaban J connectivity index is 2.07. The summed E-state index contributed by atoms with van der Waals surface area (Å²) < 4.78 is 0. The second kappa shape index (κ2) is 4.94. The minimum absolute atomic E-state index is 0.0290.